The standard InChI is InChI=1S/C25H22ClFN6O2.ClH/c1-32-23(16(12-29-32)13-4-5-14-15(10-13)19(11-28)30-31-22(14)34)33-21-17(6-7-18(26)20(21)27)25(24(33)35)8-2-3-9-25;/h4-7,10,12H,2-3,8-9,11,28H2,1H3,(H,31,34);1H. The van der Waals surface area contributed by atoms with E-state index in [9.17, 15) is 9.59 Å². The van der Waals surface area contributed by atoms with Crippen molar-refractivity contribution < 1.29 is 9.18 Å². The number of amides is 1. The van der Waals surface area contributed by atoms with Gasteiger partial charge in [0.15, 0.2) is 5.82 Å². The number of hydrogen-bond acceptors (Lipinski definition) is 5. The SMILES string of the molecule is Cl.Cn1ncc(-c2ccc3c(=O)[nH]nc(CN)c3c2)c1N1C(=O)C2(CCCC2)c2ccc(Cl)c(F)c21. The molecule has 1 spiro atoms. The maximum absolute atomic E-state index is 15.6. The van der Waals surface area contributed by atoms with Crippen LogP contribution in [0.5, 0.6) is 0 Å². The smallest absolute Gasteiger partial charge is 0.272 e. The van der Waals surface area contributed by atoms with Gasteiger partial charge in [-0.15, -0.1) is 12.4 Å². The zero-order valence-electron chi connectivity index (χ0n) is 19.3. The van der Waals surface area contributed by atoms with E-state index in [4.69, 9.17) is 17.3 Å². The minimum absolute atomic E-state index is 0. The summed E-state index contributed by atoms with van der Waals surface area (Å²) in [6.45, 7) is 0.140. The lowest BCUT2D eigenvalue weighted by molar-refractivity contribution is -0.122. The summed E-state index contributed by atoms with van der Waals surface area (Å²) in [5.74, 6) is -0.349. The first-order valence-electron chi connectivity index (χ1n) is 11.4. The summed E-state index contributed by atoms with van der Waals surface area (Å²) in [7, 11) is 1.71. The molecular formula is C25H23Cl2FN6O2. The van der Waals surface area contributed by atoms with Crippen LogP contribution in [0.15, 0.2) is 41.3 Å². The van der Waals surface area contributed by atoms with E-state index in [1.54, 1.807) is 42.2 Å². The minimum atomic E-state index is -0.768. The minimum Gasteiger partial charge on any atom is -0.325 e. The maximum atomic E-state index is 15.6. The van der Waals surface area contributed by atoms with Crippen LogP contribution in [0.25, 0.3) is 21.9 Å². The lowest BCUT2D eigenvalue weighted by Gasteiger charge is -2.24. The van der Waals surface area contributed by atoms with E-state index >= 15 is 4.39 Å². The summed E-state index contributed by atoms with van der Waals surface area (Å²) in [6, 6.07) is 8.58. The van der Waals surface area contributed by atoms with Crippen LogP contribution in [0.4, 0.5) is 15.9 Å². The van der Waals surface area contributed by atoms with Crippen molar-refractivity contribution in [1.29, 1.82) is 0 Å². The molecule has 1 fully saturated rings. The fraction of sp³-hybridized carbons (Fsp3) is 0.280. The summed E-state index contributed by atoms with van der Waals surface area (Å²) < 4.78 is 17.1. The number of H-pyrrole nitrogens is 1. The first-order valence-corrected chi connectivity index (χ1v) is 11.8. The van der Waals surface area contributed by atoms with Crippen molar-refractivity contribution in [3.05, 3.63) is 69.0 Å². The van der Waals surface area contributed by atoms with Crippen molar-refractivity contribution in [2.45, 2.75) is 37.6 Å². The molecule has 2 aliphatic rings. The molecule has 0 saturated heterocycles. The number of rotatable bonds is 3. The molecule has 1 saturated carbocycles. The highest BCUT2D eigenvalue weighted by molar-refractivity contribution is 6.31. The van der Waals surface area contributed by atoms with Crippen molar-refractivity contribution in [3.8, 4) is 11.1 Å². The number of carbonyl (C=O) groups is 1. The number of fused-ring (bicyclic) bond motifs is 3. The molecule has 2 aromatic carbocycles. The second-order valence-electron chi connectivity index (χ2n) is 9.16. The van der Waals surface area contributed by atoms with Crippen LogP contribution in [-0.2, 0) is 23.8 Å². The molecule has 3 N–H and O–H groups in total. The van der Waals surface area contributed by atoms with Gasteiger partial charge in [0.2, 0.25) is 5.91 Å². The summed E-state index contributed by atoms with van der Waals surface area (Å²) in [5, 5.41) is 12.0. The van der Waals surface area contributed by atoms with Crippen LogP contribution < -0.4 is 16.2 Å². The van der Waals surface area contributed by atoms with Gasteiger partial charge in [-0.1, -0.05) is 36.6 Å². The third-order valence-electron chi connectivity index (χ3n) is 7.37. The predicted octanol–water partition coefficient (Wildman–Crippen LogP) is 4.49. The highest BCUT2D eigenvalue weighted by Crippen LogP contribution is 2.56. The first kappa shape index (κ1) is 24.4. The zero-order chi connectivity index (χ0) is 24.5. The number of aromatic amines is 1. The van der Waals surface area contributed by atoms with Gasteiger partial charge < -0.3 is 5.73 Å². The Hall–Kier alpha value is -3.27. The molecule has 2 aromatic heterocycles. The van der Waals surface area contributed by atoms with Gasteiger partial charge in [0.25, 0.3) is 5.56 Å². The average Bonchev–Trinajstić information content (AvgIpc) is 3.55. The quantitative estimate of drug-likeness (QED) is 0.407. The summed E-state index contributed by atoms with van der Waals surface area (Å²) in [5.41, 5.74) is 7.48. The van der Waals surface area contributed by atoms with Crippen LogP contribution in [0, 0.1) is 5.82 Å². The Morgan fingerprint density at radius 3 is 2.64 bits per heavy atom. The Morgan fingerprint density at radius 1 is 1.17 bits per heavy atom. The van der Waals surface area contributed by atoms with Gasteiger partial charge in [0.05, 0.1) is 33.4 Å². The number of benzene rings is 2. The molecule has 36 heavy (non-hydrogen) atoms. The van der Waals surface area contributed by atoms with Gasteiger partial charge in [-0.3, -0.25) is 19.2 Å². The second kappa shape index (κ2) is 8.69. The normalized spacial score (nSPS) is 16.1. The molecular weight excluding hydrogens is 506 g/mol. The number of aryl methyl sites for hydroxylation is 1. The largest absolute Gasteiger partial charge is 0.325 e. The van der Waals surface area contributed by atoms with Crippen molar-refractivity contribution in [2.24, 2.45) is 12.8 Å². The lowest BCUT2D eigenvalue weighted by Crippen LogP contribution is -2.37. The van der Waals surface area contributed by atoms with Crippen LogP contribution >= 0.6 is 24.0 Å². The van der Waals surface area contributed by atoms with Crippen LogP contribution in [-0.4, -0.2) is 25.9 Å². The Kier molecular flexibility index (Phi) is 5.89. The summed E-state index contributed by atoms with van der Waals surface area (Å²) in [4.78, 5) is 27.8. The molecule has 1 aliphatic carbocycles. The summed E-state index contributed by atoms with van der Waals surface area (Å²) in [6.07, 6.45) is 4.75. The highest BCUT2D eigenvalue weighted by Gasteiger charge is 2.54. The lowest BCUT2D eigenvalue weighted by atomic mass is 9.80. The number of halogens is 3. The molecule has 8 nitrogen and oxygen atoms in total. The monoisotopic (exact) mass is 528 g/mol. The van der Waals surface area contributed by atoms with Gasteiger partial charge >= 0.3 is 0 Å². The zero-order valence-corrected chi connectivity index (χ0v) is 20.9. The summed E-state index contributed by atoms with van der Waals surface area (Å²) >= 11 is 6.19. The Bertz CT molecular complexity index is 1590. The highest BCUT2D eigenvalue weighted by atomic mass is 35.5. The molecule has 0 atom stereocenters. The van der Waals surface area contributed by atoms with Gasteiger partial charge in [0.1, 0.15) is 5.82 Å². The van der Waals surface area contributed by atoms with E-state index < -0.39 is 11.2 Å². The Morgan fingerprint density at radius 2 is 1.92 bits per heavy atom. The third-order valence-corrected chi connectivity index (χ3v) is 7.66. The van der Waals surface area contributed by atoms with E-state index in [0.717, 1.165) is 12.8 Å². The molecule has 4 aromatic rings. The fourth-order valence-corrected chi connectivity index (χ4v) is 5.83. The third kappa shape index (κ3) is 3.23. The number of hydrogen-bond donors (Lipinski definition) is 2. The molecule has 0 unspecified atom stereocenters. The molecule has 0 radical (unpaired) electrons. The number of aromatic nitrogens is 4. The van der Waals surface area contributed by atoms with E-state index in [0.29, 0.717) is 51.8 Å². The van der Waals surface area contributed by atoms with Gasteiger partial charge in [-0.2, -0.15) is 10.2 Å². The Balaban J connectivity index is 0.00000267. The first-order chi connectivity index (χ1) is 16.9. The van der Waals surface area contributed by atoms with Gasteiger partial charge in [0, 0.05) is 24.5 Å². The van der Waals surface area contributed by atoms with E-state index in [2.05, 4.69) is 15.3 Å². The fourth-order valence-electron chi connectivity index (χ4n) is 5.68. The maximum Gasteiger partial charge on any atom is 0.272 e. The molecule has 0 bridgehead atoms. The van der Waals surface area contributed by atoms with Crippen molar-refractivity contribution in [1.82, 2.24) is 20.0 Å². The van der Waals surface area contributed by atoms with E-state index in [1.165, 1.54) is 11.0 Å². The average molecular weight is 529 g/mol. The van der Waals surface area contributed by atoms with Crippen molar-refractivity contribution in [3.63, 3.8) is 0 Å². The predicted molar refractivity (Wildman–Crippen MR) is 138 cm³/mol. The molecule has 11 heteroatoms. The second-order valence-corrected chi connectivity index (χ2v) is 9.56. The number of nitrogens with one attached hydrogen (secondary N) is 1. The molecule has 3 heterocycles. The number of anilines is 2. The van der Waals surface area contributed by atoms with Crippen molar-refractivity contribution in [2.75, 3.05) is 4.90 Å². The Labute approximate surface area is 216 Å². The molecule has 1 aliphatic heterocycles. The molecule has 1 amide bonds. The van der Waals surface area contributed by atoms with Gasteiger partial charge in [-0.25, -0.2) is 9.49 Å². The molecule has 6 rings (SSSR count). The number of nitrogens with two attached hydrogens (primary N) is 1. The topological polar surface area (TPSA) is 110 Å². The van der Waals surface area contributed by atoms with Crippen LogP contribution in [0.2, 0.25) is 5.02 Å². The van der Waals surface area contributed by atoms with Crippen molar-refractivity contribution >= 4 is 52.2 Å². The van der Waals surface area contributed by atoms with Crippen LogP contribution in [0.3, 0.4) is 0 Å². The number of carbonyl (C=O) groups excluding carboxylic acids is 1. The van der Waals surface area contributed by atoms with Crippen LogP contribution in [0.1, 0.15) is 36.9 Å². The van der Waals surface area contributed by atoms with E-state index in [-0.39, 0.29) is 41.1 Å². The van der Waals surface area contributed by atoms with E-state index in [1.807, 2.05) is 0 Å². The van der Waals surface area contributed by atoms with Gasteiger partial charge in [-0.05, 0) is 42.2 Å². The number of nitrogens with zero attached hydrogens (tertiary/aromatic N) is 4. The molecule has 186 valence electrons.